The van der Waals surface area contributed by atoms with Crippen molar-refractivity contribution in [1.29, 1.82) is 0 Å². The second-order valence-electron chi connectivity index (χ2n) is 4.27. The van der Waals surface area contributed by atoms with Crippen LogP contribution in [-0.4, -0.2) is 45.2 Å². The molecule has 0 aliphatic rings. The van der Waals surface area contributed by atoms with Crippen LogP contribution in [0.4, 0.5) is 0 Å². The van der Waals surface area contributed by atoms with Crippen LogP contribution in [0.5, 0.6) is 5.75 Å². The van der Waals surface area contributed by atoms with Crippen LogP contribution < -0.4 is 4.74 Å². The third kappa shape index (κ3) is 4.90. The zero-order valence-corrected chi connectivity index (χ0v) is 12.7. The fourth-order valence-corrected chi connectivity index (χ4v) is 2.08. The minimum absolute atomic E-state index is 0.303. The molecule has 0 aliphatic heterocycles. The monoisotopic (exact) mass is 305 g/mol. The van der Waals surface area contributed by atoms with Crippen LogP contribution in [0.1, 0.15) is 16.8 Å². The molecule has 1 aromatic carbocycles. The first kappa shape index (κ1) is 16.1. The SMILES string of the molecule is COC(=O)c1cc(Cl)c(OCCCN(C)C)c(Cl)c1. The molecule has 106 valence electrons. The van der Waals surface area contributed by atoms with E-state index in [0.29, 0.717) is 28.0 Å². The van der Waals surface area contributed by atoms with Crippen LogP contribution in [-0.2, 0) is 4.74 Å². The van der Waals surface area contributed by atoms with E-state index in [1.807, 2.05) is 14.1 Å². The molecule has 0 atom stereocenters. The maximum atomic E-state index is 11.4. The Morgan fingerprint density at radius 2 is 1.84 bits per heavy atom. The summed E-state index contributed by atoms with van der Waals surface area (Å²) in [6.07, 6.45) is 0.860. The number of carbonyl (C=O) groups is 1. The first-order valence-electron chi connectivity index (χ1n) is 5.80. The van der Waals surface area contributed by atoms with Crippen molar-refractivity contribution >= 4 is 29.2 Å². The molecule has 6 heteroatoms. The van der Waals surface area contributed by atoms with E-state index in [1.54, 1.807) is 0 Å². The number of halogens is 2. The predicted molar refractivity (Wildman–Crippen MR) is 76.5 cm³/mol. The summed E-state index contributed by atoms with van der Waals surface area (Å²) >= 11 is 12.1. The van der Waals surface area contributed by atoms with Crippen molar-refractivity contribution in [2.24, 2.45) is 0 Å². The van der Waals surface area contributed by atoms with Gasteiger partial charge in [0.05, 0.1) is 29.3 Å². The van der Waals surface area contributed by atoms with Crippen LogP contribution in [0.2, 0.25) is 10.0 Å². The number of benzene rings is 1. The summed E-state index contributed by atoms with van der Waals surface area (Å²) in [4.78, 5) is 13.4. The van der Waals surface area contributed by atoms with E-state index in [9.17, 15) is 4.79 Å². The summed E-state index contributed by atoms with van der Waals surface area (Å²) in [5, 5.41) is 0.607. The Hall–Kier alpha value is -0.970. The molecule has 0 amide bonds. The topological polar surface area (TPSA) is 38.8 Å². The highest BCUT2D eigenvalue weighted by Crippen LogP contribution is 2.34. The average molecular weight is 306 g/mol. The third-order valence-electron chi connectivity index (χ3n) is 2.42. The van der Waals surface area contributed by atoms with Gasteiger partial charge in [-0.2, -0.15) is 0 Å². The Kier molecular flexibility index (Phi) is 6.42. The average Bonchev–Trinajstić information content (AvgIpc) is 2.35. The quantitative estimate of drug-likeness (QED) is 0.598. The van der Waals surface area contributed by atoms with Crippen LogP contribution in [0.15, 0.2) is 12.1 Å². The standard InChI is InChI=1S/C13H17Cl2NO3/c1-16(2)5-4-6-19-12-10(14)7-9(8-11(12)15)13(17)18-3/h7-8H,4-6H2,1-3H3. The lowest BCUT2D eigenvalue weighted by Gasteiger charge is -2.13. The van der Waals surface area contributed by atoms with Gasteiger partial charge in [-0.1, -0.05) is 23.2 Å². The van der Waals surface area contributed by atoms with E-state index in [2.05, 4.69) is 9.64 Å². The highest BCUT2D eigenvalue weighted by Gasteiger charge is 2.14. The molecule has 0 aliphatic carbocycles. The molecule has 0 fully saturated rings. The second kappa shape index (κ2) is 7.58. The third-order valence-corrected chi connectivity index (χ3v) is 2.98. The molecule has 0 spiro atoms. The molecular formula is C13H17Cl2NO3. The minimum Gasteiger partial charge on any atom is -0.490 e. The van der Waals surface area contributed by atoms with Gasteiger partial charge >= 0.3 is 5.97 Å². The second-order valence-corrected chi connectivity index (χ2v) is 5.08. The number of methoxy groups -OCH3 is 1. The molecule has 0 unspecified atom stereocenters. The molecule has 4 nitrogen and oxygen atoms in total. The van der Waals surface area contributed by atoms with Gasteiger partial charge in [0, 0.05) is 6.54 Å². The van der Waals surface area contributed by atoms with Crippen LogP contribution >= 0.6 is 23.2 Å². The van der Waals surface area contributed by atoms with Gasteiger partial charge in [-0.3, -0.25) is 0 Å². The van der Waals surface area contributed by atoms with Crippen LogP contribution in [0.25, 0.3) is 0 Å². The zero-order valence-electron chi connectivity index (χ0n) is 11.2. The van der Waals surface area contributed by atoms with Crippen molar-refractivity contribution in [3.63, 3.8) is 0 Å². The maximum Gasteiger partial charge on any atom is 0.337 e. The number of carbonyl (C=O) groups excluding carboxylic acids is 1. The number of rotatable bonds is 6. The van der Waals surface area contributed by atoms with Gasteiger partial charge < -0.3 is 14.4 Å². The van der Waals surface area contributed by atoms with Crippen molar-refractivity contribution < 1.29 is 14.3 Å². The van der Waals surface area contributed by atoms with E-state index in [4.69, 9.17) is 27.9 Å². The fraction of sp³-hybridized carbons (Fsp3) is 0.462. The van der Waals surface area contributed by atoms with Crippen molar-refractivity contribution in [2.45, 2.75) is 6.42 Å². The van der Waals surface area contributed by atoms with Gasteiger partial charge in [-0.05, 0) is 32.6 Å². The first-order valence-corrected chi connectivity index (χ1v) is 6.56. The lowest BCUT2D eigenvalue weighted by atomic mass is 10.2. The van der Waals surface area contributed by atoms with Gasteiger partial charge in [0.2, 0.25) is 0 Å². The van der Waals surface area contributed by atoms with Gasteiger partial charge in [0.15, 0.2) is 5.75 Å². The first-order chi connectivity index (χ1) is 8.95. The van der Waals surface area contributed by atoms with Crippen molar-refractivity contribution in [3.05, 3.63) is 27.7 Å². The molecule has 0 saturated carbocycles. The molecule has 0 heterocycles. The van der Waals surface area contributed by atoms with Crippen molar-refractivity contribution in [1.82, 2.24) is 4.90 Å². The summed E-state index contributed by atoms with van der Waals surface area (Å²) < 4.78 is 10.2. The normalized spacial score (nSPS) is 10.6. The molecular weight excluding hydrogens is 289 g/mol. The summed E-state index contributed by atoms with van der Waals surface area (Å²) in [6, 6.07) is 2.97. The highest BCUT2D eigenvalue weighted by atomic mass is 35.5. The molecule has 19 heavy (non-hydrogen) atoms. The van der Waals surface area contributed by atoms with Crippen LogP contribution in [0, 0.1) is 0 Å². The lowest BCUT2D eigenvalue weighted by Crippen LogP contribution is -2.15. The Balaban J connectivity index is 2.72. The number of nitrogens with zero attached hydrogens (tertiary/aromatic N) is 1. The molecule has 0 radical (unpaired) electrons. The number of hydrogen-bond acceptors (Lipinski definition) is 4. The molecule has 1 aromatic rings. The molecule has 0 aromatic heterocycles. The van der Waals surface area contributed by atoms with Crippen LogP contribution in [0.3, 0.4) is 0 Å². The number of hydrogen-bond donors (Lipinski definition) is 0. The van der Waals surface area contributed by atoms with Crippen molar-refractivity contribution in [3.8, 4) is 5.75 Å². The van der Waals surface area contributed by atoms with E-state index < -0.39 is 5.97 Å². The Morgan fingerprint density at radius 1 is 1.26 bits per heavy atom. The molecule has 0 bridgehead atoms. The summed E-state index contributed by atoms with van der Waals surface area (Å²) in [7, 11) is 5.28. The maximum absolute atomic E-state index is 11.4. The number of ether oxygens (including phenoxy) is 2. The molecule has 1 rings (SSSR count). The fourth-order valence-electron chi connectivity index (χ4n) is 1.49. The van der Waals surface area contributed by atoms with E-state index in [1.165, 1.54) is 19.2 Å². The van der Waals surface area contributed by atoms with Gasteiger partial charge in [-0.15, -0.1) is 0 Å². The van der Waals surface area contributed by atoms with Gasteiger partial charge in [0.1, 0.15) is 0 Å². The summed E-state index contributed by atoms with van der Waals surface area (Å²) in [5.74, 6) is -0.0855. The van der Waals surface area contributed by atoms with Crippen molar-refractivity contribution in [2.75, 3.05) is 34.4 Å². The van der Waals surface area contributed by atoms with Gasteiger partial charge in [0.25, 0.3) is 0 Å². The van der Waals surface area contributed by atoms with E-state index >= 15 is 0 Å². The van der Waals surface area contributed by atoms with E-state index in [0.717, 1.165) is 13.0 Å². The zero-order chi connectivity index (χ0) is 14.4. The summed E-state index contributed by atoms with van der Waals surface area (Å²) in [5.41, 5.74) is 0.304. The largest absolute Gasteiger partial charge is 0.490 e. The molecule has 0 N–H and O–H groups in total. The summed E-state index contributed by atoms with van der Waals surface area (Å²) in [6.45, 7) is 1.42. The Bertz CT molecular complexity index is 427. The number of esters is 1. The van der Waals surface area contributed by atoms with Gasteiger partial charge in [-0.25, -0.2) is 4.79 Å². The minimum atomic E-state index is -0.483. The predicted octanol–water partition coefficient (Wildman–Crippen LogP) is 3.11. The lowest BCUT2D eigenvalue weighted by molar-refractivity contribution is 0.0600. The van der Waals surface area contributed by atoms with E-state index in [-0.39, 0.29) is 0 Å². The Morgan fingerprint density at radius 3 is 2.32 bits per heavy atom. The smallest absolute Gasteiger partial charge is 0.337 e. The Labute approximate surface area is 123 Å². The molecule has 0 saturated heterocycles. The highest BCUT2D eigenvalue weighted by molar-refractivity contribution is 6.37.